The highest BCUT2D eigenvalue weighted by Crippen LogP contribution is 2.34. The number of aliphatic carboxylic acids is 2. The van der Waals surface area contributed by atoms with E-state index < -0.39 is 11.9 Å². The van der Waals surface area contributed by atoms with Crippen LogP contribution in [0, 0.1) is 37.5 Å². The summed E-state index contributed by atoms with van der Waals surface area (Å²) in [5, 5.41) is 27.8. The van der Waals surface area contributed by atoms with Crippen LogP contribution in [0.4, 0.5) is 0 Å². The van der Waals surface area contributed by atoms with Crippen LogP contribution in [-0.4, -0.2) is 76.4 Å². The van der Waals surface area contributed by atoms with Gasteiger partial charge in [0.15, 0.2) is 0 Å². The second-order valence-electron chi connectivity index (χ2n) is 17.0. The van der Waals surface area contributed by atoms with Gasteiger partial charge in [0.2, 0.25) is 11.8 Å². The second-order valence-corrected chi connectivity index (χ2v) is 17.0. The number of carboxylic acid groups (broad SMARTS) is 2. The van der Waals surface area contributed by atoms with Crippen molar-refractivity contribution < 1.29 is 29.4 Å². The van der Waals surface area contributed by atoms with Crippen LogP contribution < -0.4 is 0 Å². The number of hydrogen-bond acceptors (Lipinski definition) is 6. The molecule has 2 amide bonds. The minimum atomic E-state index is -0.694. The Balaban J connectivity index is 0.000000177. The second kappa shape index (κ2) is 18.6. The average molecular weight is 791 g/mol. The molecule has 2 N–H and O–H groups in total. The third kappa shape index (κ3) is 9.88. The van der Waals surface area contributed by atoms with Crippen LogP contribution in [0.3, 0.4) is 0 Å². The van der Waals surface area contributed by atoms with Crippen LogP contribution in [0.1, 0.15) is 109 Å². The van der Waals surface area contributed by atoms with Crippen molar-refractivity contribution in [3.8, 4) is 0 Å². The third-order valence-corrected chi connectivity index (χ3v) is 13.1. The number of aryl methyl sites for hydroxylation is 2. The van der Waals surface area contributed by atoms with Crippen molar-refractivity contribution in [3.05, 3.63) is 106 Å². The SMILES string of the molecule is Cc1nn(Cc2ccccc2)c2c1CCN(C(=O)CC1CCC(C(=O)O)CC1)C2.Cc1nn(Cc2ccccc2)c2c1CCN(C(=O)CC1CCC(C(=O)O)CC1)C2. The van der Waals surface area contributed by atoms with Gasteiger partial charge in [-0.25, -0.2) is 0 Å². The Hall–Kier alpha value is -5.26. The smallest absolute Gasteiger partial charge is 0.306 e. The number of benzene rings is 2. The van der Waals surface area contributed by atoms with Crippen molar-refractivity contribution in [2.24, 2.45) is 23.7 Å². The van der Waals surface area contributed by atoms with Crippen molar-refractivity contribution >= 4 is 23.8 Å². The highest BCUT2D eigenvalue weighted by molar-refractivity contribution is 5.77. The molecule has 4 heterocycles. The molecule has 8 rings (SSSR count). The highest BCUT2D eigenvalue weighted by Gasteiger charge is 2.33. The van der Waals surface area contributed by atoms with Gasteiger partial charge in [-0.15, -0.1) is 0 Å². The Morgan fingerprint density at radius 2 is 0.931 bits per heavy atom. The first-order valence-corrected chi connectivity index (χ1v) is 21.2. The van der Waals surface area contributed by atoms with Crippen LogP contribution in [0.25, 0.3) is 0 Å². The summed E-state index contributed by atoms with van der Waals surface area (Å²) >= 11 is 0. The van der Waals surface area contributed by atoms with Crippen LogP contribution >= 0.6 is 0 Å². The normalized spacial score (nSPS) is 21.6. The fourth-order valence-corrected chi connectivity index (χ4v) is 9.53. The zero-order valence-corrected chi connectivity index (χ0v) is 34.0. The van der Waals surface area contributed by atoms with E-state index in [1.54, 1.807) is 0 Å². The van der Waals surface area contributed by atoms with Gasteiger partial charge in [-0.3, -0.25) is 28.5 Å². The molecule has 2 fully saturated rings. The summed E-state index contributed by atoms with van der Waals surface area (Å²) in [6, 6.07) is 20.6. The lowest BCUT2D eigenvalue weighted by atomic mass is 9.80. The first-order valence-electron chi connectivity index (χ1n) is 21.2. The molecule has 0 spiro atoms. The van der Waals surface area contributed by atoms with Gasteiger partial charge < -0.3 is 20.0 Å². The molecule has 2 aliphatic carbocycles. The summed E-state index contributed by atoms with van der Waals surface area (Å²) in [6.07, 6.45) is 8.92. The van der Waals surface area contributed by atoms with E-state index in [0.29, 0.717) is 63.5 Å². The molecular formula is C46H58N6O6. The predicted molar refractivity (Wildman–Crippen MR) is 219 cm³/mol. The number of carbonyl (C=O) groups is 4. The molecule has 12 heteroatoms. The first kappa shape index (κ1) is 40.9. The standard InChI is InChI=1S/2C23H29N3O3/c2*1-16-20-11-12-25(22(27)13-17-7-9-19(10-8-17)23(28)29)15-21(20)26(24-16)14-18-5-3-2-4-6-18/h2*2-6,17,19H,7-15H2,1H3,(H,28,29). The van der Waals surface area contributed by atoms with Gasteiger partial charge in [-0.1, -0.05) is 60.7 Å². The fourth-order valence-electron chi connectivity index (χ4n) is 9.53. The maximum absolute atomic E-state index is 12.9. The molecule has 308 valence electrons. The zero-order valence-electron chi connectivity index (χ0n) is 34.0. The lowest BCUT2D eigenvalue weighted by molar-refractivity contribution is -0.144. The summed E-state index contributed by atoms with van der Waals surface area (Å²) in [5.41, 5.74) is 9.41. The predicted octanol–water partition coefficient (Wildman–Crippen LogP) is 6.81. The van der Waals surface area contributed by atoms with Crippen molar-refractivity contribution in [3.63, 3.8) is 0 Å². The number of fused-ring (bicyclic) bond motifs is 2. The van der Waals surface area contributed by atoms with E-state index in [4.69, 9.17) is 20.4 Å². The number of carboxylic acids is 2. The van der Waals surface area contributed by atoms with E-state index in [2.05, 4.69) is 47.5 Å². The van der Waals surface area contributed by atoms with Gasteiger partial charge in [0, 0.05) is 25.9 Å². The van der Waals surface area contributed by atoms with E-state index in [1.165, 1.54) is 22.3 Å². The van der Waals surface area contributed by atoms with E-state index >= 15 is 0 Å². The molecule has 2 saturated carbocycles. The minimum absolute atomic E-state index is 0.194. The van der Waals surface area contributed by atoms with Crippen LogP contribution in [0.2, 0.25) is 0 Å². The first-order chi connectivity index (χ1) is 28.0. The molecule has 58 heavy (non-hydrogen) atoms. The maximum Gasteiger partial charge on any atom is 0.306 e. The summed E-state index contributed by atoms with van der Waals surface area (Å²) < 4.78 is 4.11. The summed E-state index contributed by atoms with van der Waals surface area (Å²) in [6.45, 7) is 8.27. The molecule has 2 aliphatic heterocycles. The Morgan fingerprint density at radius 3 is 1.28 bits per heavy atom. The van der Waals surface area contributed by atoms with Gasteiger partial charge in [0.1, 0.15) is 0 Å². The van der Waals surface area contributed by atoms with E-state index in [9.17, 15) is 19.2 Å². The molecule has 0 atom stereocenters. The number of amides is 2. The Morgan fingerprint density at radius 1 is 0.569 bits per heavy atom. The summed E-state index contributed by atoms with van der Waals surface area (Å²) in [5.74, 6) is -0.825. The van der Waals surface area contributed by atoms with E-state index in [0.717, 1.165) is 87.5 Å². The quantitative estimate of drug-likeness (QED) is 0.178. The number of aromatic nitrogens is 4. The number of nitrogens with zero attached hydrogens (tertiary/aromatic N) is 6. The Labute approximate surface area is 341 Å². The largest absolute Gasteiger partial charge is 0.481 e. The van der Waals surface area contributed by atoms with Crippen LogP contribution in [-0.2, 0) is 58.2 Å². The molecule has 4 aliphatic rings. The van der Waals surface area contributed by atoms with E-state index in [-0.39, 0.29) is 23.7 Å². The summed E-state index contributed by atoms with van der Waals surface area (Å²) in [4.78, 5) is 52.1. The van der Waals surface area contributed by atoms with Gasteiger partial charge >= 0.3 is 11.9 Å². The number of rotatable bonds is 10. The van der Waals surface area contributed by atoms with Crippen LogP contribution in [0.5, 0.6) is 0 Å². The molecule has 2 aromatic carbocycles. The van der Waals surface area contributed by atoms with Gasteiger partial charge in [0.05, 0.1) is 60.8 Å². The highest BCUT2D eigenvalue weighted by atomic mass is 16.4. The van der Waals surface area contributed by atoms with Crippen molar-refractivity contribution in [2.45, 2.75) is 117 Å². The molecule has 12 nitrogen and oxygen atoms in total. The zero-order chi connectivity index (χ0) is 40.8. The van der Waals surface area contributed by atoms with Crippen molar-refractivity contribution in [1.82, 2.24) is 29.4 Å². The minimum Gasteiger partial charge on any atom is -0.481 e. The van der Waals surface area contributed by atoms with Gasteiger partial charge in [-0.05, 0) is 112 Å². The fraction of sp³-hybridized carbons (Fsp3) is 0.522. The number of hydrogen-bond donors (Lipinski definition) is 2. The third-order valence-electron chi connectivity index (χ3n) is 13.1. The lowest BCUT2D eigenvalue weighted by Gasteiger charge is -2.31. The monoisotopic (exact) mass is 790 g/mol. The molecule has 0 bridgehead atoms. The van der Waals surface area contributed by atoms with Gasteiger partial charge in [0.25, 0.3) is 0 Å². The molecule has 4 aromatic rings. The molecule has 0 radical (unpaired) electrons. The number of carbonyl (C=O) groups excluding carboxylic acids is 2. The van der Waals surface area contributed by atoms with Gasteiger partial charge in [-0.2, -0.15) is 10.2 Å². The molecule has 2 aromatic heterocycles. The average Bonchev–Trinajstić information content (AvgIpc) is 3.72. The molecular weight excluding hydrogens is 733 g/mol. The molecule has 0 unspecified atom stereocenters. The van der Waals surface area contributed by atoms with Crippen molar-refractivity contribution in [1.29, 1.82) is 0 Å². The maximum atomic E-state index is 12.9. The van der Waals surface area contributed by atoms with Crippen molar-refractivity contribution in [2.75, 3.05) is 13.1 Å². The Bertz CT molecular complexity index is 1910. The lowest BCUT2D eigenvalue weighted by Crippen LogP contribution is -2.38. The topological polar surface area (TPSA) is 151 Å². The Kier molecular flexibility index (Phi) is 13.1. The molecule has 0 saturated heterocycles. The summed E-state index contributed by atoms with van der Waals surface area (Å²) in [7, 11) is 0. The van der Waals surface area contributed by atoms with E-state index in [1.807, 2.05) is 46.2 Å². The van der Waals surface area contributed by atoms with Crippen LogP contribution in [0.15, 0.2) is 60.7 Å².